The minimum atomic E-state index is -0.607. The number of hydrogen-bond acceptors (Lipinski definition) is 18. The Morgan fingerprint density at radius 2 is 0.756 bits per heavy atom. The SMILES string of the molecule is CO.CO.Cc1ccc([O-])c(/C=N/N=C(\[O-])c2cnccn2)c1.Cc1ccc([O-])c(/C=N/N=C(\[O-])c2cnccn2)c1.O=C(/C=C(\[O-])c1ccccc1)c1ccccc1.O=C(/C=C(\[O-])c1ccccc1)c1ccccc1.[Er+3].[Er+3]. The fourth-order valence-corrected chi connectivity index (χ4v) is 5.73. The van der Waals surface area contributed by atoms with Crippen LogP contribution < -0.4 is 30.6 Å². The van der Waals surface area contributed by atoms with Gasteiger partial charge in [0.05, 0.1) is 36.2 Å². The summed E-state index contributed by atoms with van der Waals surface area (Å²) in [5, 5.41) is 97.6. The molecule has 8 rings (SSSR count). The van der Waals surface area contributed by atoms with Crippen molar-refractivity contribution in [2.45, 2.75) is 13.8 Å². The second-order valence-electron chi connectivity index (χ2n) is 14.8. The van der Waals surface area contributed by atoms with E-state index in [0.29, 0.717) is 33.4 Å². The summed E-state index contributed by atoms with van der Waals surface area (Å²) in [5.41, 5.74) is 4.94. The van der Waals surface area contributed by atoms with E-state index in [1.807, 2.05) is 38.1 Å². The Morgan fingerprint density at radius 3 is 1.05 bits per heavy atom. The van der Waals surface area contributed by atoms with E-state index >= 15 is 0 Å². The number of carbonyl (C=O) groups excluding carboxylic acids is 2. The van der Waals surface area contributed by atoms with E-state index in [1.165, 1.54) is 61.7 Å². The Kier molecular flexibility index (Phi) is 34.6. The van der Waals surface area contributed by atoms with Crippen molar-refractivity contribution in [2.75, 3.05) is 14.2 Å². The maximum Gasteiger partial charge on any atom is 3.00 e. The van der Waals surface area contributed by atoms with Crippen LogP contribution in [0.15, 0.2) is 227 Å². The van der Waals surface area contributed by atoms with Gasteiger partial charge in [0.2, 0.25) is 0 Å². The Balaban J connectivity index is 0.000000505. The average molecular weight is 1350 g/mol. The molecule has 0 aliphatic heterocycles. The first-order valence-electron chi connectivity index (χ1n) is 22.5. The summed E-state index contributed by atoms with van der Waals surface area (Å²) in [6, 6.07) is 44.7. The van der Waals surface area contributed by atoms with Gasteiger partial charge in [-0.05, 0) is 48.3 Å². The number of aliphatic hydroxyl groups is 2. The summed E-state index contributed by atoms with van der Waals surface area (Å²) in [6.45, 7) is 3.72. The molecule has 6 aromatic carbocycles. The predicted molar refractivity (Wildman–Crippen MR) is 280 cm³/mol. The minimum Gasteiger partial charge on any atom is -0.872 e. The molecule has 0 spiro atoms. The molecule has 78 heavy (non-hydrogen) atoms. The molecular formula is C58H50Er2N8O10. The number of nitrogens with zero attached hydrogens (tertiary/aromatic N) is 8. The van der Waals surface area contributed by atoms with Gasteiger partial charge in [0.25, 0.3) is 0 Å². The zero-order valence-electron chi connectivity index (χ0n) is 42.1. The van der Waals surface area contributed by atoms with Crippen LogP contribution in [-0.4, -0.2) is 80.2 Å². The van der Waals surface area contributed by atoms with Crippen LogP contribution in [0.3, 0.4) is 0 Å². The van der Waals surface area contributed by atoms with E-state index in [-0.39, 0.29) is 121 Å². The summed E-state index contributed by atoms with van der Waals surface area (Å²) in [6.07, 6.45) is 13.1. The maximum absolute atomic E-state index is 11.8. The first-order chi connectivity index (χ1) is 36.9. The quantitative estimate of drug-likeness (QED) is 0.0440. The van der Waals surface area contributed by atoms with Gasteiger partial charge in [0, 0.05) is 61.9 Å². The molecule has 0 amide bonds. The molecular weight excluding hydrogens is 1300 g/mol. The van der Waals surface area contributed by atoms with Gasteiger partial charge >= 0.3 is 74.6 Å². The number of benzene rings is 6. The first kappa shape index (κ1) is 68.2. The molecule has 2 heterocycles. The Morgan fingerprint density at radius 1 is 0.449 bits per heavy atom. The number of carbonyl (C=O) groups is 2. The zero-order chi connectivity index (χ0) is 55.5. The molecule has 0 aliphatic rings. The normalized spacial score (nSPS) is 10.8. The third kappa shape index (κ3) is 25.4. The van der Waals surface area contributed by atoms with Gasteiger partial charge in [-0.15, -0.1) is 0 Å². The van der Waals surface area contributed by atoms with Crippen LogP contribution in [0.25, 0.3) is 11.5 Å². The number of aliphatic hydroxyl groups excluding tert-OH is 2. The van der Waals surface area contributed by atoms with Crippen LogP contribution >= 0.6 is 0 Å². The molecule has 0 unspecified atom stereocenters. The van der Waals surface area contributed by atoms with E-state index < -0.39 is 11.8 Å². The standard InChI is InChI=1S/2C15H12O2.2C13H12N4O2.2CH4O.2Er/c2*16-14(12-7-3-1-4-8-12)11-15(17)13-9-5-2-6-10-13;2*1-9-2-3-12(18)10(6-9)7-16-17-13(19)11-8-14-4-5-15-11;2*1-2;;/h2*1-11,16H;2*2-8,18H,1H3,(H,17,19);2*2H,1H3;;/q;;;;;;2*+3/p-6/b2*14-11-;2*16-7+;;;;. The molecule has 0 bridgehead atoms. The molecule has 406 valence electrons. The maximum atomic E-state index is 11.8. The van der Waals surface area contributed by atoms with Crippen molar-refractivity contribution in [3.8, 4) is 11.5 Å². The van der Waals surface area contributed by atoms with Gasteiger partial charge in [-0.25, -0.2) is 0 Å². The van der Waals surface area contributed by atoms with Crippen molar-refractivity contribution < 1.29 is 125 Å². The summed E-state index contributed by atoms with van der Waals surface area (Å²) < 4.78 is 0. The number of allylic oxidation sites excluding steroid dienone is 2. The molecule has 0 saturated carbocycles. The van der Waals surface area contributed by atoms with Crippen molar-refractivity contribution in [3.63, 3.8) is 0 Å². The van der Waals surface area contributed by atoms with Gasteiger partial charge in [0.1, 0.15) is 0 Å². The summed E-state index contributed by atoms with van der Waals surface area (Å²) >= 11 is 0. The number of ketones is 2. The molecule has 0 fully saturated rings. The van der Waals surface area contributed by atoms with Crippen molar-refractivity contribution >= 4 is 47.3 Å². The topological polar surface area (TPSA) is 314 Å². The van der Waals surface area contributed by atoms with Crippen molar-refractivity contribution in [1.82, 2.24) is 19.9 Å². The molecule has 2 N–H and O–H groups in total. The minimum absolute atomic E-state index is 0. The van der Waals surface area contributed by atoms with Crippen LogP contribution in [-0.2, 0) is 0 Å². The molecule has 2 radical (unpaired) electrons. The predicted octanol–water partition coefficient (Wildman–Crippen LogP) is 3.76. The number of aryl methyl sites for hydroxylation is 2. The second kappa shape index (κ2) is 39.6. The second-order valence-corrected chi connectivity index (χ2v) is 14.8. The fourth-order valence-electron chi connectivity index (χ4n) is 5.73. The summed E-state index contributed by atoms with van der Waals surface area (Å²) in [7, 11) is 2.00. The van der Waals surface area contributed by atoms with Gasteiger partial charge < -0.3 is 40.9 Å². The molecule has 2 aromatic heterocycles. The van der Waals surface area contributed by atoms with Crippen LogP contribution in [0.4, 0.5) is 0 Å². The van der Waals surface area contributed by atoms with Gasteiger partial charge in [-0.3, -0.25) is 29.5 Å². The first-order valence-corrected chi connectivity index (χ1v) is 22.5. The fraction of sp³-hybridized carbons (Fsp3) is 0.0690. The number of aromatic nitrogens is 4. The van der Waals surface area contributed by atoms with Crippen LogP contribution in [0.2, 0.25) is 0 Å². The molecule has 8 aromatic rings. The molecule has 0 saturated heterocycles. The Hall–Kier alpha value is -7.81. The van der Waals surface area contributed by atoms with Crippen LogP contribution in [0.5, 0.6) is 11.5 Å². The molecule has 0 aliphatic carbocycles. The number of rotatable bonds is 12. The smallest absolute Gasteiger partial charge is 0.872 e. The molecule has 18 nitrogen and oxygen atoms in total. The summed E-state index contributed by atoms with van der Waals surface area (Å²) in [4.78, 5) is 38.6. The van der Waals surface area contributed by atoms with Gasteiger partial charge in [-0.1, -0.05) is 192 Å². The van der Waals surface area contributed by atoms with Crippen LogP contribution in [0, 0.1) is 88.5 Å². The molecule has 20 heteroatoms. The average Bonchev–Trinajstić information content (AvgIpc) is 3.47. The van der Waals surface area contributed by atoms with Gasteiger partial charge in [-0.2, -0.15) is 20.4 Å². The monoisotopic (exact) mass is 1350 g/mol. The molecule has 0 atom stereocenters. The third-order valence-corrected chi connectivity index (χ3v) is 9.34. The summed E-state index contributed by atoms with van der Waals surface area (Å²) in [5.74, 6) is -2.61. The largest absolute Gasteiger partial charge is 3.00 e. The van der Waals surface area contributed by atoms with E-state index in [2.05, 4.69) is 40.3 Å². The Labute approximate surface area is 510 Å². The number of hydrogen-bond donors (Lipinski definition) is 2. The van der Waals surface area contributed by atoms with E-state index in [4.69, 9.17) is 10.2 Å². The van der Waals surface area contributed by atoms with Crippen molar-refractivity contribution in [3.05, 3.63) is 263 Å². The van der Waals surface area contributed by atoms with Crippen molar-refractivity contribution in [1.29, 1.82) is 0 Å². The van der Waals surface area contributed by atoms with E-state index in [1.54, 1.807) is 121 Å². The van der Waals surface area contributed by atoms with Crippen molar-refractivity contribution in [2.24, 2.45) is 20.4 Å². The zero-order valence-corrected chi connectivity index (χ0v) is 45.8. The van der Waals surface area contributed by atoms with E-state index in [9.17, 15) is 40.2 Å². The third-order valence-electron chi connectivity index (χ3n) is 9.34. The Bertz CT molecular complexity index is 2980. The van der Waals surface area contributed by atoms with E-state index in [0.717, 1.165) is 37.5 Å². The van der Waals surface area contributed by atoms with Crippen LogP contribution in [0.1, 0.15) is 65.5 Å². The van der Waals surface area contributed by atoms with Gasteiger partial charge in [0.15, 0.2) is 11.6 Å².